The summed E-state index contributed by atoms with van der Waals surface area (Å²) in [4.78, 5) is 11.5. The largest absolute Gasteiger partial charge is 0.383 e. The summed E-state index contributed by atoms with van der Waals surface area (Å²) in [5.74, 6) is 0.148. The molecule has 0 aromatic rings. The Morgan fingerprint density at radius 3 is 2.56 bits per heavy atom. The van der Waals surface area contributed by atoms with Gasteiger partial charge >= 0.3 is 0 Å². The molecule has 4 heteroatoms. The molecule has 0 aliphatic carbocycles. The number of hydrogen-bond acceptors (Lipinski definition) is 3. The van der Waals surface area contributed by atoms with Crippen molar-refractivity contribution in [3.05, 3.63) is 0 Å². The Kier molecular flexibility index (Phi) is 12.4. The smallest absolute Gasteiger partial charge is 0.219 e. The van der Waals surface area contributed by atoms with Crippen molar-refractivity contribution in [1.82, 2.24) is 5.32 Å². The number of amides is 1. The van der Waals surface area contributed by atoms with E-state index in [4.69, 9.17) is 10.5 Å². The second-order valence-electron chi connectivity index (χ2n) is 4.87. The van der Waals surface area contributed by atoms with Crippen LogP contribution in [0.5, 0.6) is 0 Å². The predicted molar refractivity (Wildman–Crippen MR) is 75.5 cm³/mol. The summed E-state index contributed by atoms with van der Waals surface area (Å²) in [6, 6.07) is 0.0179. The standard InChI is InChI=1S/C14H30N2O2/c1-3-4-5-6-7-8-9-14(17)16-11-10-13(15)12-18-2/h13H,3-12,15H2,1-2H3,(H,16,17). The van der Waals surface area contributed by atoms with Gasteiger partial charge in [-0.2, -0.15) is 0 Å². The summed E-state index contributed by atoms with van der Waals surface area (Å²) in [6.45, 7) is 3.41. The molecule has 0 aliphatic heterocycles. The number of carbonyl (C=O) groups is 1. The lowest BCUT2D eigenvalue weighted by Crippen LogP contribution is -2.32. The average Bonchev–Trinajstić information content (AvgIpc) is 2.34. The summed E-state index contributed by atoms with van der Waals surface area (Å²) >= 11 is 0. The van der Waals surface area contributed by atoms with Gasteiger partial charge in [-0.15, -0.1) is 0 Å². The third kappa shape index (κ3) is 11.9. The normalized spacial score (nSPS) is 12.4. The van der Waals surface area contributed by atoms with Crippen molar-refractivity contribution < 1.29 is 9.53 Å². The van der Waals surface area contributed by atoms with E-state index in [0.29, 0.717) is 19.6 Å². The zero-order chi connectivity index (χ0) is 13.6. The van der Waals surface area contributed by atoms with Crippen molar-refractivity contribution in [3.63, 3.8) is 0 Å². The molecular formula is C14H30N2O2. The molecule has 108 valence electrons. The molecule has 0 spiro atoms. The first-order chi connectivity index (χ1) is 8.70. The third-order valence-corrected chi connectivity index (χ3v) is 2.98. The van der Waals surface area contributed by atoms with Gasteiger partial charge in [0, 0.05) is 26.1 Å². The lowest BCUT2D eigenvalue weighted by Gasteiger charge is -2.10. The number of unbranched alkanes of at least 4 members (excludes halogenated alkanes) is 5. The SMILES string of the molecule is CCCCCCCCC(=O)NCCC(N)COC. The minimum atomic E-state index is 0.0179. The van der Waals surface area contributed by atoms with Crippen LogP contribution in [0.15, 0.2) is 0 Å². The Morgan fingerprint density at radius 1 is 1.22 bits per heavy atom. The van der Waals surface area contributed by atoms with Crippen LogP contribution >= 0.6 is 0 Å². The van der Waals surface area contributed by atoms with Crippen LogP contribution in [0.1, 0.15) is 58.3 Å². The van der Waals surface area contributed by atoms with E-state index in [0.717, 1.165) is 19.3 Å². The maximum Gasteiger partial charge on any atom is 0.219 e. The highest BCUT2D eigenvalue weighted by Crippen LogP contribution is 2.06. The molecule has 0 aliphatic rings. The van der Waals surface area contributed by atoms with Gasteiger partial charge in [0.25, 0.3) is 0 Å². The zero-order valence-electron chi connectivity index (χ0n) is 12.0. The fraction of sp³-hybridized carbons (Fsp3) is 0.929. The van der Waals surface area contributed by atoms with E-state index in [2.05, 4.69) is 12.2 Å². The molecule has 0 aromatic heterocycles. The molecule has 0 radical (unpaired) electrons. The van der Waals surface area contributed by atoms with Crippen molar-refractivity contribution in [2.24, 2.45) is 5.73 Å². The Hall–Kier alpha value is -0.610. The molecule has 0 saturated carbocycles. The second kappa shape index (κ2) is 12.8. The van der Waals surface area contributed by atoms with Crippen molar-refractivity contribution in [1.29, 1.82) is 0 Å². The van der Waals surface area contributed by atoms with Crippen LogP contribution in [0.25, 0.3) is 0 Å². The number of rotatable bonds is 12. The predicted octanol–water partition coefficient (Wildman–Crippen LogP) is 2.22. The van der Waals surface area contributed by atoms with Gasteiger partial charge in [0.05, 0.1) is 6.61 Å². The number of nitrogens with one attached hydrogen (secondary N) is 1. The second-order valence-corrected chi connectivity index (χ2v) is 4.87. The average molecular weight is 258 g/mol. The lowest BCUT2D eigenvalue weighted by molar-refractivity contribution is -0.121. The quantitative estimate of drug-likeness (QED) is 0.528. The van der Waals surface area contributed by atoms with Gasteiger partial charge in [0.1, 0.15) is 0 Å². The highest BCUT2D eigenvalue weighted by atomic mass is 16.5. The van der Waals surface area contributed by atoms with Crippen molar-refractivity contribution in [2.45, 2.75) is 64.3 Å². The number of hydrogen-bond donors (Lipinski definition) is 2. The summed E-state index contributed by atoms with van der Waals surface area (Å²) in [6.07, 6.45) is 8.70. The summed E-state index contributed by atoms with van der Waals surface area (Å²) in [5, 5.41) is 2.90. The van der Waals surface area contributed by atoms with Gasteiger partial charge in [0.15, 0.2) is 0 Å². The van der Waals surface area contributed by atoms with Crippen LogP contribution < -0.4 is 11.1 Å². The Balaban J connectivity index is 3.27. The molecule has 0 saturated heterocycles. The van der Waals surface area contributed by atoms with Gasteiger partial charge in [-0.25, -0.2) is 0 Å². The summed E-state index contributed by atoms with van der Waals surface area (Å²) in [5.41, 5.74) is 5.76. The van der Waals surface area contributed by atoms with E-state index in [9.17, 15) is 4.79 Å². The highest BCUT2D eigenvalue weighted by Gasteiger charge is 2.04. The Morgan fingerprint density at radius 2 is 1.89 bits per heavy atom. The maximum absolute atomic E-state index is 11.5. The molecule has 0 fully saturated rings. The van der Waals surface area contributed by atoms with Crippen molar-refractivity contribution in [2.75, 3.05) is 20.3 Å². The molecule has 3 N–H and O–H groups in total. The molecule has 0 aromatic carbocycles. The van der Waals surface area contributed by atoms with Crippen LogP contribution in [0.2, 0.25) is 0 Å². The van der Waals surface area contributed by atoms with Gasteiger partial charge < -0.3 is 15.8 Å². The van der Waals surface area contributed by atoms with Gasteiger partial charge in [-0.1, -0.05) is 39.0 Å². The fourth-order valence-electron chi connectivity index (χ4n) is 1.85. The topological polar surface area (TPSA) is 64.4 Å². The molecule has 4 nitrogen and oxygen atoms in total. The molecule has 18 heavy (non-hydrogen) atoms. The van der Waals surface area contributed by atoms with Gasteiger partial charge in [0.2, 0.25) is 5.91 Å². The third-order valence-electron chi connectivity index (χ3n) is 2.98. The summed E-state index contributed by atoms with van der Waals surface area (Å²) < 4.78 is 4.94. The van der Waals surface area contributed by atoms with E-state index < -0.39 is 0 Å². The van der Waals surface area contributed by atoms with E-state index in [1.54, 1.807) is 7.11 Å². The molecule has 1 unspecified atom stereocenters. The van der Waals surface area contributed by atoms with Crippen LogP contribution in [0, 0.1) is 0 Å². The van der Waals surface area contributed by atoms with E-state index >= 15 is 0 Å². The molecule has 0 rings (SSSR count). The first-order valence-electron chi connectivity index (χ1n) is 7.22. The molecule has 0 heterocycles. The van der Waals surface area contributed by atoms with Crippen LogP contribution in [0.4, 0.5) is 0 Å². The highest BCUT2D eigenvalue weighted by molar-refractivity contribution is 5.75. The van der Waals surface area contributed by atoms with Crippen molar-refractivity contribution in [3.8, 4) is 0 Å². The van der Waals surface area contributed by atoms with Gasteiger partial charge in [-0.05, 0) is 12.8 Å². The molecule has 1 atom stereocenters. The number of methoxy groups -OCH3 is 1. The van der Waals surface area contributed by atoms with Crippen LogP contribution in [-0.4, -0.2) is 32.2 Å². The molecule has 1 amide bonds. The first-order valence-corrected chi connectivity index (χ1v) is 7.22. The van der Waals surface area contributed by atoms with Crippen molar-refractivity contribution >= 4 is 5.91 Å². The molecular weight excluding hydrogens is 228 g/mol. The maximum atomic E-state index is 11.5. The van der Waals surface area contributed by atoms with E-state index in [1.165, 1.54) is 25.7 Å². The first kappa shape index (κ1) is 17.4. The zero-order valence-corrected chi connectivity index (χ0v) is 12.0. The Labute approximate surface area is 112 Å². The summed E-state index contributed by atoms with van der Waals surface area (Å²) in [7, 11) is 1.64. The van der Waals surface area contributed by atoms with Gasteiger partial charge in [-0.3, -0.25) is 4.79 Å². The van der Waals surface area contributed by atoms with E-state index in [1.807, 2.05) is 0 Å². The lowest BCUT2D eigenvalue weighted by atomic mass is 10.1. The number of ether oxygens (including phenoxy) is 1. The fourth-order valence-corrected chi connectivity index (χ4v) is 1.85. The minimum absolute atomic E-state index is 0.0179. The Bertz CT molecular complexity index is 198. The molecule has 0 bridgehead atoms. The van der Waals surface area contributed by atoms with E-state index in [-0.39, 0.29) is 11.9 Å². The number of carbonyl (C=O) groups excluding carboxylic acids is 1. The minimum Gasteiger partial charge on any atom is -0.383 e. The van der Waals surface area contributed by atoms with Crippen LogP contribution in [-0.2, 0) is 9.53 Å². The van der Waals surface area contributed by atoms with Crippen LogP contribution in [0.3, 0.4) is 0 Å². The monoisotopic (exact) mass is 258 g/mol. The number of nitrogens with two attached hydrogens (primary N) is 1.